The molecule has 0 saturated carbocycles. The third-order valence-electron chi connectivity index (χ3n) is 5.67. The van der Waals surface area contributed by atoms with Crippen LogP contribution in [0.3, 0.4) is 0 Å². The van der Waals surface area contributed by atoms with Gasteiger partial charge in [0.05, 0.1) is 5.69 Å². The van der Waals surface area contributed by atoms with Crippen molar-refractivity contribution in [3.8, 4) is 0 Å². The molecule has 27 heavy (non-hydrogen) atoms. The van der Waals surface area contributed by atoms with Crippen molar-refractivity contribution in [1.82, 2.24) is 24.5 Å². The Morgan fingerprint density at radius 3 is 2.56 bits per heavy atom. The molecule has 6 nitrogen and oxygen atoms in total. The summed E-state index contributed by atoms with van der Waals surface area (Å²) in [5.74, 6) is 1.72. The molecule has 1 fully saturated rings. The van der Waals surface area contributed by atoms with Crippen molar-refractivity contribution >= 4 is 11.6 Å². The summed E-state index contributed by atoms with van der Waals surface area (Å²) in [6, 6.07) is 6.83. The minimum absolute atomic E-state index is 0.178. The van der Waals surface area contributed by atoms with E-state index in [0.29, 0.717) is 5.78 Å². The van der Waals surface area contributed by atoms with Crippen LogP contribution in [0, 0.1) is 5.82 Å². The normalized spacial score (nSPS) is 18.0. The molecule has 2 aromatic heterocycles. The highest BCUT2D eigenvalue weighted by Crippen LogP contribution is 2.30. The van der Waals surface area contributed by atoms with Gasteiger partial charge in [0.2, 0.25) is 0 Å². The number of halogens is 1. The van der Waals surface area contributed by atoms with Gasteiger partial charge in [-0.25, -0.2) is 9.37 Å². The molecule has 0 atom stereocenters. The molecule has 3 aromatic rings. The molecule has 0 unspecified atom stereocenters. The molecular weight excluding hydrogens is 343 g/mol. The Labute approximate surface area is 157 Å². The summed E-state index contributed by atoms with van der Waals surface area (Å²) >= 11 is 0. The maximum atomic E-state index is 13.1. The number of hydrogen-bond donors (Lipinski definition) is 0. The zero-order valence-corrected chi connectivity index (χ0v) is 15.3. The minimum Gasteiger partial charge on any atom is -0.354 e. The van der Waals surface area contributed by atoms with Crippen LogP contribution in [-0.4, -0.2) is 50.7 Å². The van der Waals surface area contributed by atoms with E-state index in [1.165, 1.54) is 42.0 Å². The number of hydrogen-bond acceptors (Lipinski definition) is 5. The quantitative estimate of drug-likeness (QED) is 0.713. The van der Waals surface area contributed by atoms with Crippen molar-refractivity contribution < 1.29 is 4.39 Å². The molecule has 0 N–H and O–H groups in total. The lowest BCUT2D eigenvalue weighted by molar-refractivity contribution is 0.248. The number of rotatable bonds is 3. The van der Waals surface area contributed by atoms with E-state index in [9.17, 15) is 4.39 Å². The fraction of sp³-hybridized carbons (Fsp3) is 0.450. The van der Waals surface area contributed by atoms with E-state index >= 15 is 0 Å². The van der Waals surface area contributed by atoms with Gasteiger partial charge in [-0.1, -0.05) is 12.1 Å². The van der Waals surface area contributed by atoms with Gasteiger partial charge in [0, 0.05) is 38.3 Å². The average molecular weight is 366 g/mol. The summed E-state index contributed by atoms with van der Waals surface area (Å²) in [6.45, 7) is 4.72. The topological polar surface area (TPSA) is 49.6 Å². The number of aryl methyl sites for hydroxylation is 1. The monoisotopic (exact) mass is 366 g/mol. The molecule has 1 aromatic carbocycles. The lowest BCUT2D eigenvalue weighted by atomic mass is 9.96. The first-order chi connectivity index (χ1) is 13.3. The maximum absolute atomic E-state index is 13.1. The Morgan fingerprint density at radius 2 is 1.74 bits per heavy atom. The van der Waals surface area contributed by atoms with Gasteiger partial charge in [-0.15, -0.1) is 0 Å². The molecular formula is C20H23FN6. The van der Waals surface area contributed by atoms with Gasteiger partial charge < -0.3 is 4.90 Å². The van der Waals surface area contributed by atoms with Gasteiger partial charge in [-0.3, -0.25) is 4.90 Å². The predicted molar refractivity (Wildman–Crippen MR) is 101 cm³/mol. The number of aromatic nitrogens is 4. The van der Waals surface area contributed by atoms with Crippen molar-refractivity contribution in [3.63, 3.8) is 0 Å². The van der Waals surface area contributed by atoms with Gasteiger partial charge in [0.25, 0.3) is 5.78 Å². The lowest BCUT2D eigenvalue weighted by Gasteiger charge is -2.37. The number of fused-ring (bicyclic) bond motifs is 2. The first kappa shape index (κ1) is 16.6. The van der Waals surface area contributed by atoms with Crippen molar-refractivity contribution in [2.24, 2.45) is 0 Å². The molecule has 0 amide bonds. The predicted octanol–water partition coefficient (Wildman–Crippen LogP) is 2.46. The molecule has 7 heteroatoms. The van der Waals surface area contributed by atoms with Crippen LogP contribution in [0.25, 0.3) is 5.78 Å². The van der Waals surface area contributed by atoms with Gasteiger partial charge in [-0.05, 0) is 43.4 Å². The highest BCUT2D eigenvalue weighted by molar-refractivity contribution is 5.55. The van der Waals surface area contributed by atoms with Crippen LogP contribution in [-0.2, 0) is 19.4 Å². The molecule has 2 aliphatic rings. The number of anilines is 1. The molecule has 5 rings (SSSR count). The van der Waals surface area contributed by atoms with E-state index in [-0.39, 0.29) is 5.82 Å². The Bertz CT molecular complexity index is 943. The standard InChI is InChI=1S/C20H23FN6/c21-16-7-5-15(6-8-16)13-25-9-11-26(12-10-25)19-17-3-1-2-4-18(17)24-20-22-14-23-27(19)20/h5-8,14H,1-4,9-13H2. The zero-order chi connectivity index (χ0) is 18.2. The highest BCUT2D eigenvalue weighted by atomic mass is 19.1. The summed E-state index contributed by atoms with van der Waals surface area (Å²) in [6.07, 6.45) is 6.13. The minimum atomic E-state index is -0.178. The largest absolute Gasteiger partial charge is 0.354 e. The van der Waals surface area contributed by atoms with E-state index in [2.05, 4.69) is 19.9 Å². The number of nitrogens with zero attached hydrogens (tertiary/aromatic N) is 6. The fourth-order valence-corrected chi connectivity index (χ4v) is 4.25. The maximum Gasteiger partial charge on any atom is 0.254 e. The molecule has 0 spiro atoms. The molecule has 1 aliphatic carbocycles. The molecule has 3 heterocycles. The molecule has 1 saturated heterocycles. The SMILES string of the molecule is Fc1ccc(CN2CCN(c3c4c(nc5ncnn35)CCCC4)CC2)cc1. The van der Waals surface area contributed by atoms with Crippen molar-refractivity contribution in [1.29, 1.82) is 0 Å². The molecule has 0 radical (unpaired) electrons. The van der Waals surface area contributed by atoms with Crippen LogP contribution in [0.2, 0.25) is 0 Å². The first-order valence-corrected chi connectivity index (χ1v) is 9.71. The van der Waals surface area contributed by atoms with Crippen LogP contribution < -0.4 is 4.90 Å². The van der Waals surface area contributed by atoms with Crippen molar-refractivity contribution in [2.45, 2.75) is 32.2 Å². The van der Waals surface area contributed by atoms with Gasteiger partial charge >= 0.3 is 0 Å². The summed E-state index contributed by atoms with van der Waals surface area (Å²) in [4.78, 5) is 13.9. The van der Waals surface area contributed by atoms with Crippen LogP contribution in [0.15, 0.2) is 30.6 Å². The third kappa shape index (κ3) is 3.16. The van der Waals surface area contributed by atoms with E-state index in [4.69, 9.17) is 4.98 Å². The van der Waals surface area contributed by atoms with Gasteiger partial charge in [0.1, 0.15) is 18.0 Å². The fourth-order valence-electron chi connectivity index (χ4n) is 4.25. The highest BCUT2D eigenvalue weighted by Gasteiger charge is 2.26. The van der Waals surface area contributed by atoms with Crippen LogP contribution in [0.5, 0.6) is 0 Å². The summed E-state index contributed by atoms with van der Waals surface area (Å²) in [7, 11) is 0. The third-order valence-corrected chi connectivity index (χ3v) is 5.67. The van der Waals surface area contributed by atoms with Crippen LogP contribution >= 0.6 is 0 Å². The van der Waals surface area contributed by atoms with Crippen molar-refractivity contribution in [2.75, 3.05) is 31.1 Å². The van der Waals surface area contributed by atoms with E-state index < -0.39 is 0 Å². The van der Waals surface area contributed by atoms with E-state index in [1.807, 2.05) is 16.6 Å². The molecule has 140 valence electrons. The Morgan fingerprint density at radius 1 is 0.963 bits per heavy atom. The van der Waals surface area contributed by atoms with Crippen LogP contribution in [0.1, 0.15) is 29.7 Å². The number of piperazine rings is 1. The van der Waals surface area contributed by atoms with E-state index in [1.54, 1.807) is 6.33 Å². The average Bonchev–Trinajstić information content (AvgIpc) is 3.17. The molecule has 1 aliphatic heterocycles. The summed E-state index contributed by atoms with van der Waals surface area (Å²) in [5.41, 5.74) is 3.71. The Kier molecular flexibility index (Phi) is 4.24. The summed E-state index contributed by atoms with van der Waals surface area (Å²) in [5, 5.41) is 4.45. The smallest absolute Gasteiger partial charge is 0.254 e. The summed E-state index contributed by atoms with van der Waals surface area (Å²) < 4.78 is 15.0. The second-order valence-corrected chi connectivity index (χ2v) is 7.43. The molecule has 0 bridgehead atoms. The zero-order valence-electron chi connectivity index (χ0n) is 15.3. The first-order valence-electron chi connectivity index (χ1n) is 9.71. The second kappa shape index (κ2) is 6.88. The lowest BCUT2D eigenvalue weighted by Crippen LogP contribution is -2.47. The van der Waals surface area contributed by atoms with Crippen molar-refractivity contribution in [3.05, 3.63) is 53.2 Å². The van der Waals surface area contributed by atoms with Crippen LogP contribution in [0.4, 0.5) is 10.2 Å². The second-order valence-electron chi connectivity index (χ2n) is 7.43. The Hall–Kier alpha value is -2.54. The van der Waals surface area contributed by atoms with Gasteiger partial charge in [-0.2, -0.15) is 14.6 Å². The Balaban J connectivity index is 1.36. The number of benzene rings is 1. The van der Waals surface area contributed by atoms with E-state index in [0.717, 1.165) is 51.1 Å². The van der Waals surface area contributed by atoms with Gasteiger partial charge in [0.15, 0.2) is 0 Å².